The molecule has 5 heteroatoms. The second kappa shape index (κ2) is 6.74. The van der Waals surface area contributed by atoms with Gasteiger partial charge in [0, 0.05) is 37.8 Å². The number of phenols is 1. The van der Waals surface area contributed by atoms with Gasteiger partial charge in [-0.1, -0.05) is 20.8 Å². The molecule has 0 saturated carbocycles. The van der Waals surface area contributed by atoms with Crippen LogP contribution in [0.4, 0.5) is 4.39 Å². The van der Waals surface area contributed by atoms with Crippen LogP contribution in [0.3, 0.4) is 0 Å². The third-order valence-electron chi connectivity index (χ3n) is 3.62. The molecule has 114 valence electrons. The van der Waals surface area contributed by atoms with Gasteiger partial charge in [0.25, 0.3) is 0 Å². The molecule has 0 bridgehead atoms. The van der Waals surface area contributed by atoms with Crippen LogP contribution in [-0.4, -0.2) is 36.2 Å². The molecule has 2 rings (SSSR count). The van der Waals surface area contributed by atoms with Crippen LogP contribution in [0.15, 0.2) is 18.2 Å². The van der Waals surface area contributed by atoms with Gasteiger partial charge < -0.3 is 10.4 Å². The minimum absolute atomic E-state index is 0. The van der Waals surface area contributed by atoms with Gasteiger partial charge in [-0.15, -0.1) is 12.4 Å². The summed E-state index contributed by atoms with van der Waals surface area (Å²) in [4.78, 5) is 2.32. The molecule has 0 aromatic heterocycles. The van der Waals surface area contributed by atoms with Crippen molar-refractivity contribution in [2.24, 2.45) is 5.41 Å². The topological polar surface area (TPSA) is 35.5 Å². The second-order valence-corrected chi connectivity index (χ2v) is 6.26. The van der Waals surface area contributed by atoms with Crippen LogP contribution in [0.1, 0.15) is 32.4 Å². The Morgan fingerprint density at radius 1 is 1.25 bits per heavy atom. The molecular formula is C15H24ClFN2O. The molecule has 2 N–H and O–H groups in total. The summed E-state index contributed by atoms with van der Waals surface area (Å²) < 4.78 is 13.5. The maximum atomic E-state index is 13.5. The van der Waals surface area contributed by atoms with Crippen molar-refractivity contribution < 1.29 is 9.50 Å². The third kappa shape index (κ3) is 3.84. The van der Waals surface area contributed by atoms with E-state index in [0.717, 1.165) is 26.2 Å². The molecule has 0 amide bonds. The van der Waals surface area contributed by atoms with Gasteiger partial charge in [-0.2, -0.15) is 0 Å². The lowest BCUT2D eigenvalue weighted by Crippen LogP contribution is -2.48. The van der Waals surface area contributed by atoms with Gasteiger partial charge in [-0.25, -0.2) is 4.39 Å². The van der Waals surface area contributed by atoms with Crippen molar-refractivity contribution in [2.75, 3.05) is 26.2 Å². The predicted octanol–water partition coefficient (Wildman–Crippen LogP) is 2.95. The normalized spacial score (nSPS) is 18.4. The van der Waals surface area contributed by atoms with Crippen molar-refractivity contribution in [2.45, 2.75) is 26.8 Å². The lowest BCUT2D eigenvalue weighted by Gasteiger charge is -2.42. The highest BCUT2D eigenvalue weighted by Crippen LogP contribution is 2.41. The van der Waals surface area contributed by atoms with E-state index in [1.807, 2.05) is 0 Å². The highest BCUT2D eigenvalue weighted by atomic mass is 35.5. The summed E-state index contributed by atoms with van der Waals surface area (Å²) in [5.41, 5.74) is 0.622. The molecular weight excluding hydrogens is 279 g/mol. The Kier molecular flexibility index (Phi) is 5.80. The lowest BCUT2D eigenvalue weighted by atomic mass is 9.80. The largest absolute Gasteiger partial charge is 0.508 e. The number of nitrogens with one attached hydrogen (secondary N) is 1. The fourth-order valence-electron chi connectivity index (χ4n) is 2.90. The van der Waals surface area contributed by atoms with Crippen LogP contribution in [0.2, 0.25) is 0 Å². The molecule has 0 unspecified atom stereocenters. The number of piperazine rings is 1. The molecule has 0 radical (unpaired) electrons. The van der Waals surface area contributed by atoms with E-state index in [4.69, 9.17) is 0 Å². The number of hydrogen-bond acceptors (Lipinski definition) is 3. The van der Waals surface area contributed by atoms with Crippen molar-refractivity contribution >= 4 is 12.4 Å². The molecule has 1 aliphatic rings. The molecule has 1 atom stereocenters. The second-order valence-electron chi connectivity index (χ2n) is 6.26. The summed E-state index contributed by atoms with van der Waals surface area (Å²) in [5, 5.41) is 13.4. The van der Waals surface area contributed by atoms with Crippen molar-refractivity contribution in [3.63, 3.8) is 0 Å². The zero-order valence-corrected chi connectivity index (χ0v) is 13.1. The van der Waals surface area contributed by atoms with E-state index in [2.05, 4.69) is 31.0 Å². The van der Waals surface area contributed by atoms with Crippen molar-refractivity contribution in [3.8, 4) is 5.75 Å². The third-order valence-corrected chi connectivity index (χ3v) is 3.62. The Balaban J connectivity index is 0.00000200. The van der Waals surface area contributed by atoms with Gasteiger partial charge in [-0.05, 0) is 23.6 Å². The molecule has 1 aliphatic heterocycles. The standard InChI is InChI=1S/C15H23FN2O.ClH/c1-15(2,3)14(18-8-6-17-7-9-18)12-10-11(16)4-5-13(12)19;/h4-5,10,14,17,19H,6-9H2,1-3H3;1H/t14-;/m0./s1. The van der Waals surface area contributed by atoms with E-state index >= 15 is 0 Å². The first kappa shape index (κ1) is 17.2. The van der Waals surface area contributed by atoms with Gasteiger partial charge in [0.15, 0.2) is 0 Å². The maximum Gasteiger partial charge on any atom is 0.123 e. The summed E-state index contributed by atoms with van der Waals surface area (Å²) >= 11 is 0. The average Bonchev–Trinajstić information content (AvgIpc) is 2.33. The Morgan fingerprint density at radius 2 is 1.85 bits per heavy atom. The fraction of sp³-hybridized carbons (Fsp3) is 0.600. The minimum atomic E-state index is -0.294. The Morgan fingerprint density at radius 3 is 2.40 bits per heavy atom. The number of benzene rings is 1. The molecule has 0 aliphatic carbocycles. The average molecular weight is 303 g/mol. The smallest absolute Gasteiger partial charge is 0.123 e. The number of aromatic hydroxyl groups is 1. The minimum Gasteiger partial charge on any atom is -0.508 e. The zero-order chi connectivity index (χ0) is 14.0. The Labute approximate surface area is 126 Å². The Bertz CT molecular complexity index is 442. The van der Waals surface area contributed by atoms with Gasteiger partial charge in [0.05, 0.1) is 0 Å². The molecule has 1 fully saturated rings. The molecule has 1 aromatic rings. The summed E-state index contributed by atoms with van der Waals surface area (Å²) in [6.45, 7) is 10.1. The SMILES string of the molecule is CC(C)(C)[C@H](c1cc(F)ccc1O)N1CCNCC1.Cl. The van der Waals surface area contributed by atoms with Crippen LogP contribution in [0, 0.1) is 11.2 Å². The monoisotopic (exact) mass is 302 g/mol. The highest BCUT2D eigenvalue weighted by Gasteiger charge is 2.34. The zero-order valence-electron chi connectivity index (χ0n) is 12.3. The van der Waals surface area contributed by atoms with Crippen molar-refractivity contribution in [1.82, 2.24) is 10.2 Å². The molecule has 1 heterocycles. The summed E-state index contributed by atoms with van der Waals surface area (Å²) in [6.07, 6.45) is 0. The van der Waals surface area contributed by atoms with E-state index in [-0.39, 0.29) is 35.4 Å². The molecule has 20 heavy (non-hydrogen) atoms. The van der Waals surface area contributed by atoms with Crippen LogP contribution >= 0.6 is 12.4 Å². The first-order valence-corrected chi connectivity index (χ1v) is 6.83. The van der Waals surface area contributed by atoms with Crippen LogP contribution in [0.25, 0.3) is 0 Å². The van der Waals surface area contributed by atoms with Gasteiger partial charge >= 0.3 is 0 Å². The van der Waals surface area contributed by atoms with E-state index < -0.39 is 0 Å². The summed E-state index contributed by atoms with van der Waals surface area (Å²) in [5.74, 6) is -0.114. The maximum absolute atomic E-state index is 13.5. The first-order chi connectivity index (χ1) is 8.89. The fourth-order valence-corrected chi connectivity index (χ4v) is 2.90. The highest BCUT2D eigenvalue weighted by molar-refractivity contribution is 5.85. The van der Waals surface area contributed by atoms with Crippen LogP contribution in [-0.2, 0) is 0 Å². The number of halogens is 2. The number of hydrogen-bond donors (Lipinski definition) is 2. The number of nitrogens with zero attached hydrogens (tertiary/aromatic N) is 1. The van der Waals surface area contributed by atoms with Crippen molar-refractivity contribution in [1.29, 1.82) is 0 Å². The first-order valence-electron chi connectivity index (χ1n) is 6.83. The van der Waals surface area contributed by atoms with E-state index in [0.29, 0.717) is 5.56 Å². The summed E-state index contributed by atoms with van der Waals surface area (Å²) in [7, 11) is 0. The molecule has 1 aromatic carbocycles. The van der Waals surface area contributed by atoms with E-state index in [1.165, 1.54) is 18.2 Å². The number of rotatable bonds is 2. The van der Waals surface area contributed by atoms with Gasteiger partial charge in [0.2, 0.25) is 0 Å². The quantitative estimate of drug-likeness (QED) is 0.882. The van der Waals surface area contributed by atoms with Crippen molar-refractivity contribution in [3.05, 3.63) is 29.6 Å². The molecule has 0 spiro atoms. The predicted molar refractivity (Wildman–Crippen MR) is 82.0 cm³/mol. The molecule has 3 nitrogen and oxygen atoms in total. The van der Waals surface area contributed by atoms with Gasteiger partial charge in [0.1, 0.15) is 11.6 Å². The van der Waals surface area contributed by atoms with E-state index in [9.17, 15) is 9.50 Å². The van der Waals surface area contributed by atoms with Crippen LogP contribution in [0.5, 0.6) is 5.75 Å². The Hall–Kier alpha value is -0.840. The lowest BCUT2D eigenvalue weighted by molar-refractivity contribution is 0.0840. The van der Waals surface area contributed by atoms with Gasteiger partial charge in [-0.3, -0.25) is 4.90 Å². The summed E-state index contributed by atoms with van der Waals surface area (Å²) in [6, 6.07) is 4.24. The van der Waals surface area contributed by atoms with Crippen LogP contribution < -0.4 is 5.32 Å². The van der Waals surface area contributed by atoms with E-state index in [1.54, 1.807) is 0 Å². The molecule has 1 saturated heterocycles. The number of phenolic OH excluding ortho intramolecular Hbond substituents is 1.